The lowest BCUT2D eigenvalue weighted by Crippen LogP contribution is -2.69. The summed E-state index contributed by atoms with van der Waals surface area (Å²) < 4.78 is 5.66. The fourth-order valence-electron chi connectivity index (χ4n) is 6.40. The summed E-state index contributed by atoms with van der Waals surface area (Å²) in [5.41, 5.74) is -2.70. The number of aliphatic hydroxyl groups excluding tert-OH is 5. The van der Waals surface area contributed by atoms with Crippen molar-refractivity contribution in [3.8, 4) is 0 Å². The Labute approximate surface area is 260 Å². The molecule has 6 N–H and O–H groups in total. The largest absolute Gasteiger partial charge is 0.480 e. The zero-order valence-electron chi connectivity index (χ0n) is 27.3. The number of unbranched alkanes of at least 4 members (excludes halogenated alkanes) is 17. The number of hydrogen-bond acceptors (Lipinski definition) is 8. The van der Waals surface area contributed by atoms with Gasteiger partial charge in [0.1, 0.15) is 30.5 Å². The molecule has 0 amide bonds. The summed E-state index contributed by atoms with van der Waals surface area (Å²) in [6, 6.07) is 0. The van der Waals surface area contributed by atoms with E-state index >= 15 is 0 Å². The number of Topliss-reactive ketones (excluding diaryl/α,β-unsaturated/α-hetero) is 1. The van der Waals surface area contributed by atoms with Gasteiger partial charge in [-0.25, -0.2) is 0 Å². The molecule has 0 radical (unpaired) electrons. The Bertz CT molecular complexity index is 747. The monoisotopic (exact) mass is 616 g/mol. The van der Waals surface area contributed by atoms with Gasteiger partial charge in [-0.1, -0.05) is 136 Å². The molecule has 1 saturated heterocycles. The second kappa shape index (κ2) is 22.4. The molecule has 9 heteroatoms. The van der Waals surface area contributed by atoms with Gasteiger partial charge in [0.25, 0.3) is 0 Å². The van der Waals surface area contributed by atoms with Crippen molar-refractivity contribution >= 4 is 11.8 Å². The van der Waals surface area contributed by atoms with E-state index in [4.69, 9.17) is 4.74 Å². The van der Waals surface area contributed by atoms with Crippen LogP contribution in [0.1, 0.15) is 156 Å². The summed E-state index contributed by atoms with van der Waals surface area (Å²) in [5, 5.41) is 64.2. The fourth-order valence-corrected chi connectivity index (χ4v) is 6.40. The van der Waals surface area contributed by atoms with E-state index in [9.17, 15) is 40.2 Å². The standard InChI is InChI=1S/C34H64O9/c1-4-6-8-10-12-13-14-15-16-17-18-20-22-24-27(36)34(33(41)42,32-30(39)29(38)28(37)25(3)43-32)31(40)26(35)23-21-19-11-9-7-5-2/h25-30,32,35-39H,4-24H2,1-3H3,(H,41,42)/t25-,26?,27?,28-,29+,30+,32?,34?/m0/s1. The maximum Gasteiger partial charge on any atom is 0.322 e. The van der Waals surface area contributed by atoms with E-state index < -0.39 is 59.9 Å². The summed E-state index contributed by atoms with van der Waals surface area (Å²) in [6.07, 6.45) is 8.27. The maximum absolute atomic E-state index is 13.8. The van der Waals surface area contributed by atoms with Crippen LogP contribution in [0.2, 0.25) is 0 Å². The smallest absolute Gasteiger partial charge is 0.322 e. The van der Waals surface area contributed by atoms with Gasteiger partial charge in [0, 0.05) is 0 Å². The zero-order valence-corrected chi connectivity index (χ0v) is 27.3. The van der Waals surface area contributed by atoms with Crippen LogP contribution in [0.15, 0.2) is 0 Å². The Balaban J connectivity index is 2.81. The van der Waals surface area contributed by atoms with Crippen molar-refractivity contribution in [2.75, 3.05) is 0 Å². The minimum absolute atomic E-state index is 0.0228. The first kappa shape index (κ1) is 39.9. The molecule has 1 aliphatic heterocycles. The van der Waals surface area contributed by atoms with Crippen molar-refractivity contribution in [2.24, 2.45) is 5.41 Å². The van der Waals surface area contributed by atoms with Gasteiger partial charge < -0.3 is 35.4 Å². The molecule has 0 aromatic heterocycles. The number of carbonyl (C=O) groups excluding carboxylic acids is 1. The van der Waals surface area contributed by atoms with Crippen molar-refractivity contribution in [1.82, 2.24) is 0 Å². The van der Waals surface area contributed by atoms with Crippen molar-refractivity contribution in [1.29, 1.82) is 0 Å². The summed E-state index contributed by atoms with van der Waals surface area (Å²) >= 11 is 0. The van der Waals surface area contributed by atoms with Gasteiger partial charge in [0.05, 0.1) is 12.2 Å². The molecule has 0 spiro atoms. The van der Waals surface area contributed by atoms with Crippen molar-refractivity contribution < 1.29 is 45.0 Å². The Morgan fingerprint density at radius 2 is 1.02 bits per heavy atom. The Morgan fingerprint density at radius 1 is 0.628 bits per heavy atom. The van der Waals surface area contributed by atoms with Crippen molar-refractivity contribution in [3.05, 3.63) is 0 Å². The third-order valence-electron chi connectivity index (χ3n) is 9.30. The molecule has 8 atom stereocenters. The molecule has 1 heterocycles. The summed E-state index contributed by atoms with van der Waals surface area (Å²) in [4.78, 5) is 26.7. The second-order valence-corrected chi connectivity index (χ2v) is 12.9. The zero-order chi connectivity index (χ0) is 32.3. The average molecular weight is 617 g/mol. The van der Waals surface area contributed by atoms with E-state index in [1.54, 1.807) is 0 Å². The van der Waals surface area contributed by atoms with Crippen LogP contribution in [-0.4, -0.2) is 85.1 Å². The van der Waals surface area contributed by atoms with E-state index in [1.807, 2.05) is 0 Å². The van der Waals surface area contributed by atoms with E-state index in [0.29, 0.717) is 12.8 Å². The lowest BCUT2D eigenvalue weighted by molar-refractivity contribution is -0.257. The minimum atomic E-state index is -2.70. The molecule has 9 nitrogen and oxygen atoms in total. The highest BCUT2D eigenvalue weighted by Crippen LogP contribution is 2.41. The number of carboxylic acids is 1. The van der Waals surface area contributed by atoms with Crippen LogP contribution in [0.25, 0.3) is 0 Å². The molecule has 0 aliphatic carbocycles. The second-order valence-electron chi connectivity index (χ2n) is 12.9. The highest BCUT2D eigenvalue weighted by Gasteiger charge is 2.64. The van der Waals surface area contributed by atoms with Gasteiger partial charge in [0.2, 0.25) is 0 Å². The topological polar surface area (TPSA) is 165 Å². The van der Waals surface area contributed by atoms with E-state index in [2.05, 4.69) is 13.8 Å². The van der Waals surface area contributed by atoms with Crippen LogP contribution >= 0.6 is 0 Å². The highest BCUT2D eigenvalue weighted by atomic mass is 16.5. The average Bonchev–Trinajstić information content (AvgIpc) is 2.98. The van der Waals surface area contributed by atoms with E-state index in [1.165, 1.54) is 58.3 Å². The molecular formula is C34H64O9. The molecule has 0 aromatic rings. The Morgan fingerprint density at radius 3 is 1.44 bits per heavy atom. The lowest BCUT2D eigenvalue weighted by atomic mass is 9.66. The third-order valence-corrected chi connectivity index (χ3v) is 9.30. The summed E-state index contributed by atoms with van der Waals surface area (Å²) in [6.45, 7) is 5.73. The van der Waals surface area contributed by atoms with Crippen molar-refractivity contribution in [3.63, 3.8) is 0 Å². The van der Waals surface area contributed by atoms with Crippen LogP contribution in [-0.2, 0) is 14.3 Å². The first-order valence-electron chi connectivity index (χ1n) is 17.4. The molecule has 1 fully saturated rings. The minimum Gasteiger partial charge on any atom is -0.480 e. The number of ether oxygens (including phenoxy) is 1. The van der Waals surface area contributed by atoms with Crippen LogP contribution in [0.5, 0.6) is 0 Å². The number of rotatable bonds is 26. The van der Waals surface area contributed by atoms with Gasteiger partial charge in [-0.2, -0.15) is 0 Å². The van der Waals surface area contributed by atoms with Crippen LogP contribution in [0, 0.1) is 5.41 Å². The molecule has 0 aromatic carbocycles. The normalized spacial score (nSPS) is 25.3. The molecule has 1 aliphatic rings. The van der Waals surface area contributed by atoms with Gasteiger partial charge in [0.15, 0.2) is 11.2 Å². The van der Waals surface area contributed by atoms with Crippen molar-refractivity contribution in [2.45, 2.75) is 198 Å². The molecule has 0 saturated carbocycles. The van der Waals surface area contributed by atoms with Gasteiger partial charge in [-0.05, 0) is 19.8 Å². The SMILES string of the molecule is CCCCCCCCCCCCCCCC(O)C(C(=O)O)(C(=O)C(O)CCCCCCCC)C1O[C@@H](C)[C@H](O)[C@@H](O)[C@H]1O. The molecular weight excluding hydrogens is 552 g/mol. The quantitative estimate of drug-likeness (QED) is 0.0547. The van der Waals surface area contributed by atoms with Gasteiger partial charge in [-0.3, -0.25) is 9.59 Å². The Hall–Kier alpha value is -1.10. The summed E-state index contributed by atoms with van der Waals surface area (Å²) in [7, 11) is 0. The van der Waals surface area contributed by atoms with Crippen LogP contribution in [0.4, 0.5) is 0 Å². The van der Waals surface area contributed by atoms with E-state index in [-0.39, 0.29) is 12.8 Å². The molecule has 0 bridgehead atoms. The first-order chi connectivity index (χ1) is 20.6. The summed E-state index contributed by atoms with van der Waals surface area (Å²) in [5.74, 6) is -2.85. The number of aliphatic carboxylic acids is 1. The molecule has 43 heavy (non-hydrogen) atoms. The number of hydrogen-bond donors (Lipinski definition) is 6. The third kappa shape index (κ3) is 12.7. The highest BCUT2D eigenvalue weighted by molar-refractivity contribution is 6.06. The van der Waals surface area contributed by atoms with E-state index in [0.717, 1.165) is 57.8 Å². The number of aliphatic hydroxyl groups is 5. The predicted octanol–water partition coefficient (Wildman–Crippen LogP) is 5.45. The van der Waals surface area contributed by atoms with Crippen LogP contribution < -0.4 is 0 Å². The Kier molecular flexibility index (Phi) is 20.8. The number of carboxylic acid groups (broad SMARTS) is 1. The maximum atomic E-state index is 13.8. The lowest BCUT2D eigenvalue weighted by Gasteiger charge is -2.48. The fraction of sp³-hybridized carbons (Fsp3) is 0.941. The molecule has 1 rings (SSSR count). The van der Waals surface area contributed by atoms with Crippen LogP contribution in [0.3, 0.4) is 0 Å². The molecule has 4 unspecified atom stereocenters. The number of carbonyl (C=O) groups is 2. The first-order valence-corrected chi connectivity index (χ1v) is 17.4. The molecule has 254 valence electrons. The van der Waals surface area contributed by atoms with Gasteiger partial charge in [-0.15, -0.1) is 0 Å². The van der Waals surface area contributed by atoms with Gasteiger partial charge >= 0.3 is 5.97 Å². The predicted molar refractivity (Wildman–Crippen MR) is 168 cm³/mol. The number of ketones is 1.